The van der Waals surface area contributed by atoms with E-state index in [9.17, 15) is 0 Å². The molecule has 12 heavy (non-hydrogen) atoms. The normalized spacial score (nSPS) is 21.5. The fourth-order valence-electron chi connectivity index (χ4n) is 1.67. The molecule has 0 radical (unpaired) electrons. The maximum atomic E-state index is 4.11. The fourth-order valence-corrected chi connectivity index (χ4v) is 1.67. The van der Waals surface area contributed by atoms with Crippen molar-refractivity contribution in [2.24, 2.45) is 5.92 Å². The summed E-state index contributed by atoms with van der Waals surface area (Å²) in [4.78, 5) is 4.11. The van der Waals surface area contributed by atoms with E-state index in [2.05, 4.69) is 31.0 Å². The van der Waals surface area contributed by atoms with Crippen LogP contribution in [0, 0.1) is 5.92 Å². The first kappa shape index (κ1) is 7.53. The zero-order valence-corrected chi connectivity index (χ0v) is 7.54. The Morgan fingerprint density at radius 2 is 2.33 bits per heavy atom. The lowest BCUT2D eigenvalue weighted by atomic mass is 9.92. The van der Waals surface area contributed by atoms with E-state index < -0.39 is 0 Å². The van der Waals surface area contributed by atoms with Crippen LogP contribution >= 0.6 is 0 Å². The highest BCUT2D eigenvalue weighted by Gasteiger charge is 2.07. The molecule has 1 aromatic rings. The molecule has 0 aromatic carbocycles. The zero-order chi connectivity index (χ0) is 8.55. The number of nitrogens with zero attached hydrogens (tertiary/aromatic N) is 1. The molecule has 2 rings (SSSR count). The zero-order valence-electron chi connectivity index (χ0n) is 7.54. The summed E-state index contributed by atoms with van der Waals surface area (Å²) in [6.07, 6.45) is 7.25. The Balaban J connectivity index is 2.83. The molecular weight excluding hydrogens is 146 g/mol. The Hall–Kier alpha value is -1.11. The first-order chi connectivity index (χ1) is 5.79. The molecule has 1 aliphatic rings. The highest BCUT2D eigenvalue weighted by atomic mass is 14.6. The van der Waals surface area contributed by atoms with Gasteiger partial charge in [0.15, 0.2) is 0 Å². The Morgan fingerprint density at radius 1 is 1.50 bits per heavy atom. The third kappa shape index (κ3) is 1.06. The molecule has 1 aliphatic carbocycles. The molecule has 0 bridgehead atoms. The van der Waals surface area contributed by atoms with E-state index in [0.717, 1.165) is 6.42 Å². The lowest BCUT2D eigenvalue weighted by Crippen LogP contribution is -2.31. The van der Waals surface area contributed by atoms with Crippen LogP contribution in [0.15, 0.2) is 18.5 Å². The second-order valence-corrected chi connectivity index (χ2v) is 3.49. The maximum Gasteiger partial charge on any atom is 0.0343 e. The smallest absolute Gasteiger partial charge is 0.0343 e. The van der Waals surface area contributed by atoms with Gasteiger partial charge >= 0.3 is 0 Å². The van der Waals surface area contributed by atoms with Gasteiger partial charge in [-0.3, -0.25) is 4.98 Å². The summed E-state index contributed by atoms with van der Waals surface area (Å²) in [5, 5.41) is 2.68. The van der Waals surface area contributed by atoms with Crippen LogP contribution in [-0.4, -0.2) is 4.98 Å². The number of hydrogen-bond donors (Lipinski definition) is 0. The van der Waals surface area contributed by atoms with Crippen LogP contribution in [0.25, 0.3) is 11.6 Å². The summed E-state index contributed by atoms with van der Waals surface area (Å²) in [6.45, 7) is 4.49. The molecule has 0 spiro atoms. The summed E-state index contributed by atoms with van der Waals surface area (Å²) in [7, 11) is 0. The summed E-state index contributed by atoms with van der Waals surface area (Å²) in [5.74, 6) is 0.694. The van der Waals surface area contributed by atoms with Gasteiger partial charge in [-0.1, -0.05) is 18.6 Å². The van der Waals surface area contributed by atoms with Crippen molar-refractivity contribution in [3.63, 3.8) is 0 Å². The van der Waals surface area contributed by atoms with E-state index in [1.165, 1.54) is 16.0 Å². The molecule has 0 fully saturated rings. The van der Waals surface area contributed by atoms with Crippen molar-refractivity contribution in [1.29, 1.82) is 0 Å². The number of fused-ring (bicyclic) bond motifs is 1. The van der Waals surface area contributed by atoms with Crippen LogP contribution in [-0.2, 0) is 0 Å². The first-order valence-electron chi connectivity index (χ1n) is 4.40. The largest absolute Gasteiger partial charge is 0.264 e. The van der Waals surface area contributed by atoms with Crippen molar-refractivity contribution >= 4 is 11.6 Å². The lowest BCUT2D eigenvalue weighted by Gasteiger charge is -2.13. The van der Waals surface area contributed by atoms with E-state index in [-0.39, 0.29) is 0 Å². The van der Waals surface area contributed by atoms with E-state index in [1.54, 1.807) is 0 Å². The fraction of sp³-hybridized carbons (Fsp3) is 0.364. The summed E-state index contributed by atoms with van der Waals surface area (Å²) < 4.78 is 0. The van der Waals surface area contributed by atoms with Gasteiger partial charge in [0.05, 0.1) is 0 Å². The SMILES string of the molecule is CC1=c2ccncc2=CCC1C. The minimum absolute atomic E-state index is 0.694. The van der Waals surface area contributed by atoms with Gasteiger partial charge in [-0.25, -0.2) is 0 Å². The Morgan fingerprint density at radius 3 is 3.17 bits per heavy atom. The molecular formula is C11H13N. The van der Waals surface area contributed by atoms with Gasteiger partial charge in [-0.05, 0) is 35.8 Å². The highest BCUT2D eigenvalue weighted by Crippen LogP contribution is 2.15. The van der Waals surface area contributed by atoms with Gasteiger partial charge < -0.3 is 0 Å². The molecule has 1 atom stereocenters. The minimum Gasteiger partial charge on any atom is -0.264 e. The van der Waals surface area contributed by atoms with E-state index in [1.807, 2.05) is 12.4 Å². The third-order valence-corrected chi connectivity index (χ3v) is 2.71. The molecule has 1 heteroatoms. The topological polar surface area (TPSA) is 12.9 Å². The van der Waals surface area contributed by atoms with Crippen molar-refractivity contribution in [2.45, 2.75) is 20.3 Å². The third-order valence-electron chi connectivity index (χ3n) is 2.71. The molecule has 0 saturated heterocycles. The average Bonchev–Trinajstić information content (AvgIpc) is 2.12. The highest BCUT2D eigenvalue weighted by molar-refractivity contribution is 5.50. The van der Waals surface area contributed by atoms with Crippen molar-refractivity contribution in [1.82, 2.24) is 4.98 Å². The predicted octanol–water partition coefficient (Wildman–Crippen LogP) is 1.07. The summed E-state index contributed by atoms with van der Waals surface area (Å²) in [5.41, 5.74) is 1.50. The molecule has 1 aromatic heterocycles. The van der Waals surface area contributed by atoms with Gasteiger partial charge in [0.25, 0.3) is 0 Å². The Kier molecular flexibility index (Phi) is 1.72. The predicted molar refractivity (Wildman–Crippen MR) is 50.8 cm³/mol. The molecule has 1 nitrogen and oxygen atoms in total. The minimum atomic E-state index is 0.694. The van der Waals surface area contributed by atoms with Crippen LogP contribution in [0.3, 0.4) is 0 Å². The second kappa shape index (κ2) is 2.74. The molecule has 1 heterocycles. The van der Waals surface area contributed by atoms with Crippen molar-refractivity contribution in [3.05, 3.63) is 28.9 Å². The van der Waals surface area contributed by atoms with E-state index in [4.69, 9.17) is 0 Å². The average molecular weight is 159 g/mol. The van der Waals surface area contributed by atoms with Crippen molar-refractivity contribution < 1.29 is 0 Å². The standard InChI is InChI=1S/C11H13N/c1-8-3-4-10-7-12-6-5-11(10)9(8)2/h4-8H,3H2,1-2H3. The first-order valence-corrected chi connectivity index (χ1v) is 4.40. The number of pyridine rings is 1. The van der Waals surface area contributed by atoms with Crippen LogP contribution in [0.4, 0.5) is 0 Å². The lowest BCUT2D eigenvalue weighted by molar-refractivity contribution is 0.766. The Bertz CT molecular complexity index is 403. The number of aromatic nitrogens is 1. The van der Waals surface area contributed by atoms with Crippen LogP contribution in [0.1, 0.15) is 20.3 Å². The van der Waals surface area contributed by atoms with E-state index in [0.29, 0.717) is 5.92 Å². The van der Waals surface area contributed by atoms with Gasteiger partial charge in [0.2, 0.25) is 0 Å². The monoisotopic (exact) mass is 159 g/mol. The van der Waals surface area contributed by atoms with Crippen molar-refractivity contribution in [3.8, 4) is 0 Å². The van der Waals surface area contributed by atoms with Crippen LogP contribution in [0.5, 0.6) is 0 Å². The molecule has 62 valence electrons. The quantitative estimate of drug-likeness (QED) is 0.552. The molecule has 0 amide bonds. The number of hydrogen-bond acceptors (Lipinski definition) is 1. The van der Waals surface area contributed by atoms with Crippen LogP contribution in [0.2, 0.25) is 0 Å². The van der Waals surface area contributed by atoms with E-state index >= 15 is 0 Å². The second-order valence-electron chi connectivity index (χ2n) is 3.49. The van der Waals surface area contributed by atoms with Crippen molar-refractivity contribution in [2.75, 3.05) is 0 Å². The van der Waals surface area contributed by atoms with Gasteiger partial charge in [0, 0.05) is 12.4 Å². The molecule has 0 aliphatic heterocycles. The van der Waals surface area contributed by atoms with Gasteiger partial charge in [-0.2, -0.15) is 0 Å². The molecule has 0 saturated carbocycles. The summed E-state index contributed by atoms with van der Waals surface area (Å²) >= 11 is 0. The van der Waals surface area contributed by atoms with Crippen LogP contribution < -0.4 is 10.4 Å². The maximum absolute atomic E-state index is 4.11. The van der Waals surface area contributed by atoms with Gasteiger partial charge in [-0.15, -0.1) is 0 Å². The number of rotatable bonds is 0. The van der Waals surface area contributed by atoms with Gasteiger partial charge in [0.1, 0.15) is 0 Å². The molecule has 1 unspecified atom stereocenters. The molecule has 0 N–H and O–H groups in total. The Labute approximate surface area is 72.5 Å². The summed E-state index contributed by atoms with van der Waals surface area (Å²) in [6, 6.07) is 2.11.